The minimum atomic E-state index is -0.239. The number of hydrogen-bond acceptors (Lipinski definition) is 3. The Morgan fingerprint density at radius 2 is 1.24 bits per heavy atom. The number of piperazine rings is 1. The van der Waals surface area contributed by atoms with E-state index in [2.05, 4.69) is 10.2 Å². The van der Waals surface area contributed by atoms with Crippen LogP contribution >= 0.6 is 0 Å². The summed E-state index contributed by atoms with van der Waals surface area (Å²) in [6, 6.07) is 13.2. The highest BCUT2D eigenvalue weighted by Crippen LogP contribution is 2.29. The number of nitrogens with zero attached hydrogens (tertiary/aromatic N) is 1. The van der Waals surface area contributed by atoms with Crippen molar-refractivity contribution >= 4 is 5.78 Å². The molecular weight excluding hydrogens is 322 g/mol. The molecule has 2 aromatic rings. The first-order valence-electron chi connectivity index (χ1n) is 8.40. The molecule has 5 heteroatoms. The van der Waals surface area contributed by atoms with Crippen LogP contribution in [0.4, 0.5) is 8.78 Å². The van der Waals surface area contributed by atoms with E-state index in [9.17, 15) is 13.6 Å². The normalized spacial score (nSPS) is 14.8. The SMILES string of the molecule is CC(C)=O.Fc1ccc(C(c2ccc(F)cc2)N2CCNCC2)cc1. The number of carbonyl (C=O) groups excluding carboxylic acids is 1. The number of Topliss-reactive ketones (excluding diaryl/α,β-unsaturated/α-hetero) is 1. The fourth-order valence-electron chi connectivity index (χ4n) is 2.84. The van der Waals surface area contributed by atoms with Crippen molar-refractivity contribution in [3.63, 3.8) is 0 Å². The first kappa shape index (κ1) is 19.2. The van der Waals surface area contributed by atoms with Crippen molar-refractivity contribution in [1.29, 1.82) is 0 Å². The van der Waals surface area contributed by atoms with Gasteiger partial charge < -0.3 is 10.1 Å². The molecule has 0 aromatic heterocycles. The van der Waals surface area contributed by atoms with Gasteiger partial charge in [-0.2, -0.15) is 0 Å². The third kappa shape index (κ3) is 6.03. The Kier molecular flexibility index (Phi) is 7.22. The van der Waals surface area contributed by atoms with Gasteiger partial charge in [-0.15, -0.1) is 0 Å². The van der Waals surface area contributed by atoms with E-state index in [-0.39, 0.29) is 23.5 Å². The number of nitrogens with one attached hydrogen (secondary N) is 1. The van der Waals surface area contributed by atoms with Gasteiger partial charge in [0.25, 0.3) is 0 Å². The van der Waals surface area contributed by atoms with Gasteiger partial charge in [0.1, 0.15) is 17.4 Å². The van der Waals surface area contributed by atoms with Crippen LogP contribution in [0, 0.1) is 11.6 Å². The van der Waals surface area contributed by atoms with Gasteiger partial charge in [0, 0.05) is 26.2 Å². The molecule has 1 fully saturated rings. The minimum Gasteiger partial charge on any atom is -0.314 e. The van der Waals surface area contributed by atoms with Crippen LogP contribution in [0.1, 0.15) is 31.0 Å². The Morgan fingerprint density at radius 3 is 1.60 bits per heavy atom. The molecule has 3 rings (SSSR count). The second-order valence-electron chi connectivity index (χ2n) is 6.20. The van der Waals surface area contributed by atoms with Gasteiger partial charge in [-0.1, -0.05) is 24.3 Å². The Morgan fingerprint density at radius 1 is 0.880 bits per heavy atom. The lowest BCUT2D eigenvalue weighted by Gasteiger charge is -2.35. The molecule has 134 valence electrons. The second kappa shape index (κ2) is 9.39. The Hall–Kier alpha value is -2.11. The van der Waals surface area contributed by atoms with Crippen LogP contribution < -0.4 is 5.32 Å². The average Bonchev–Trinajstić information content (AvgIpc) is 2.59. The average molecular weight is 346 g/mol. The maximum absolute atomic E-state index is 13.2. The van der Waals surface area contributed by atoms with Gasteiger partial charge in [0.15, 0.2) is 0 Å². The monoisotopic (exact) mass is 346 g/mol. The molecule has 0 amide bonds. The van der Waals surface area contributed by atoms with Gasteiger partial charge in [-0.05, 0) is 49.2 Å². The van der Waals surface area contributed by atoms with Gasteiger partial charge in [-0.25, -0.2) is 8.78 Å². The predicted molar refractivity (Wildman–Crippen MR) is 95.4 cm³/mol. The van der Waals surface area contributed by atoms with E-state index in [1.165, 1.54) is 38.1 Å². The third-order valence-corrected chi connectivity index (χ3v) is 3.89. The lowest BCUT2D eigenvalue weighted by atomic mass is 9.96. The number of ketones is 1. The summed E-state index contributed by atoms with van der Waals surface area (Å²) in [5, 5.41) is 3.33. The molecule has 25 heavy (non-hydrogen) atoms. The number of halogens is 2. The number of carbonyl (C=O) groups is 1. The second-order valence-corrected chi connectivity index (χ2v) is 6.20. The van der Waals surface area contributed by atoms with Gasteiger partial charge >= 0.3 is 0 Å². The summed E-state index contributed by atoms with van der Waals surface area (Å²) in [5.41, 5.74) is 2.06. The lowest BCUT2D eigenvalue weighted by Crippen LogP contribution is -2.45. The van der Waals surface area contributed by atoms with Crippen molar-refractivity contribution < 1.29 is 13.6 Å². The van der Waals surface area contributed by atoms with E-state index < -0.39 is 0 Å². The van der Waals surface area contributed by atoms with Crippen LogP contribution in [-0.4, -0.2) is 36.9 Å². The molecular formula is C20H24F2N2O. The largest absolute Gasteiger partial charge is 0.314 e. The molecule has 2 aromatic carbocycles. The summed E-state index contributed by atoms with van der Waals surface area (Å²) in [7, 11) is 0. The Bertz CT molecular complexity index is 616. The summed E-state index contributed by atoms with van der Waals surface area (Å²) in [4.78, 5) is 11.8. The van der Waals surface area contributed by atoms with Crippen LogP contribution in [0.5, 0.6) is 0 Å². The highest BCUT2D eigenvalue weighted by molar-refractivity contribution is 5.72. The standard InChI is InChI=1S/C17H18F2N2.C3H6O/c18-15-5-1-13(2-6-15)17(21-11-9-20-10-12-21)14-3-7-16(19)8-4-14;1-3(2)4/h1-8,17,20H,9-12H2;1-2H3. The van der Waals surface area contributed by atoms with Crippen LogP contribution in [0.2, 0.25) is 0 Å². The van der Waals surface area contributed by atoms with Gasteiger partial charge in [-0.3, -0.25) is 4.90 Å². The van der Waals surface area contributed by atoms with E-state index in [1.54, 1.807) is 0 Å². The highest BCUT2D eigenvalue weighted by atomic mass is 19.1. The molecule has 0 aliphatic carbocycles. The molecule has 1 heterocycles. The van der Waals surface area contributed by atoms with Crippen molar-refractivity contribution in [3.8, 4) is 0 Å². The molecule has 3 nitrogen and oxygen atoms in total. The lowest BCUT2D eigenvalue weighted by molar-refractivity contribution is -0.114. The maximum Gasteiger partial charge on any atom is 0.126 e. The van der Waals surface area contributed by atoms with Crippen molar-refractivity contribution in [1.82, 2.24) is 10.2 Å². The third-order valence-electron chi connectivity index (χ3n) is 3.89. The Balaban J connectivity index is 0.000000511. The van der Waals surface area contributed by atoms with Crippen molar-refractivity contribution in [2.75, 3.05) is 26.2 Å². The molecule has 1 saturated heterocycles. The summed E-state index contributed by atoms with van der Waals surface area (Å²) < 4.78 is 26.3. The molecule has 0 unspecified atom stereocenters. The summed E-state index contributed by atoms with van der Waals surface area (Å²) in [5.74, 6) is -0.311. The van der Waals surface area contributed by atoms with E-state index in [0.29, 0.717) is 0 Å². The van der Waals surface area contributed by atoms with Crippen molar-refractivity contribution in [2.24, 2.45) is 0 Å². The summed E-state index contributed by atoms with van der Waals surface area (Å²) in [6.45, 7) is 6.75. The van der Waals surface area contributed by atoms with Crippen LogP contribution in [0.3, 0.4) is 0 Å². The van der Waals surface area contributed by atoms with E-state index in [0.717, 1.165) is 37.3 Å². The fourth-order valence-corrected chi connectivity index (χ4v) is 2.84. The van der Waals surface area contributed by atoms with E-state index in [1.807, 2.05) is 24.3 Å². The van der Waals surface area contributed by atoms with Crippen LogP contribution in [-0.2, 0) is 4.79 Å². The van der Waals surface area contributed by atoms with Gasteiger partial charge in [0.05, 0.1) is 6.04 Å². The molecule has 0 saturated carbocycles. The zero-order chi connectivity index (χ0) is 18.2. The van der Waals surface area contributed by atoms with E-state index >= 15 is 0 Å². The smallest absolute Gasteiger partial charge is 0.126 e. The Labute approximate surface area is 147 Å². The zero-order valence-corrected chi connectivity index (χ0v) is 14.6. The maximum atomic E-state index is 13.2. The topological polar surface area (TPSA) is 32.3 Å². The highest BCUT2D eigenvalue weighted by Gasteiger charge is 2.23. The zero-order valence-electron chi connectivity index (χ0n) is 14.6. The molecule has 0 spiro atoms. The number of benzene rings is 2. The van der Waals surface area contributed by atoms with Crippen molar-refractivity contribution in [2.45, 2.75) is 19.9 Å². The fraction of sp³-hybridized carbons (Fsp3) is 0.350. The molecule has 1 aliphatic rings. The molecule has 1 N–H and O–H groups in total. The molecule has 1 aliphatic heterocycles. The molecule has 0 bridgehead atoms. The first-order chi connectivity index (χ1) is 12.0. The number of rotatable bonds is 3. The summed E-state index contributed by atoms with van der Waals surface area (Å²) >= 11 is 0. The minimum absolute atomic E-state index is 0.0355. The quantitative estimate of drug-likeness (QED) is 0.922. The molecule has 0 atom stereocenters. The predicted octanol–water partition coefficient (Wildman–Crippen LogP) is 3.55. The van der Waals surface area contributed by atoms with Crippen LogP contribution in [0.15, 0.2) is 48.5 Å². The number of hydrogen-bond donors (Lipinski definition) is 1. The van der Waals surface area contributed by atoms with Crippen LogP contribution in [0.25, 0.3) is 0 Å². The summed E-state index contributed by atoms with van der Waals surface area (Å²) in [6.07, 6.45) is 0. The van der Waals surface area contributed by atoms with E-state index in [4.69, 9.17) is 0 Å². The van der Waals surface area contributed by atoms with Crippen molar-refractivity contribution in [3.05, 3.63) is 71.3 Å². The van der Waals surface area contributed by atoms with Gasteiger partial charge in [0.2, 0.25) is 0 Å². The molecule has 0 radical (unpaired) electrons. The first-order valence-corrected chi connectivity index (χ1v) is 8.40.